The second-order valence-corrected chi connectivity index (χ2v) is 4.99. The molecule has 118 valence electrons. The second-order valence-electron chi connectivity index (χ2n) is 4.99. The molecule has 3 N–H and O–H groups in total. The highest BCUT2D eigenvalue weighted by atomic mass is 19.2. The summed E-state index contributed by atoms with van der Waals surface area (Å²) < 4.78 is 25.9. The van der Waals surface area contributed by atoms with Gasteiger partial charge in [0.1, 0.15) is 0 Å². The van der Waals surface area contributed by atoms with Gasteiger partial charge in [-0.15, -0.1) is 0 Å². The molecule has 1 atom stereocenters. The van der Waals surface area contributed by atoms with Crippen molar-refractivity contribution in [1.29, 1.82) is 0 Å². The molecule has 2 aliphatic rings. The van der Waals surface area contributed by atoms with Crippen molar-refractivity contribution in [2.24, 2.45) is 10.9 Å². The van der Waals surface area contributed by atoms with E-state index in [1.807, 2.05) is 0 Å². The van der Waals surface area contributed by atoms with E-state index >= 15 is 0 Å². The zero-order chi connectivity index (χ0) is 16.4. The van der Waals surface area contributed by atoms with E-state index in [1.54, 1.807) is 18.2 Å². The molecular weight excluding hydrogens is 306 g/mol. The quantitative estimate of drug-likeness (QED) is 0.799. The van der Waals surface area contributed by atoms with E-state index in [1.165, 1.54) is 6.07 Å². The summed E-state index contributed by atoms with van der Waals surface area (Å²) in [5, 5.41) is 7.61. The SMILES string of the molecule is O=C1N=C2C=CC(CNC(=O)Nc3ccc(F)c(F)c3)C=C2N1. The molecule has 1 aromatic rings. The number of hydrogen-bond acceptors (Lipinski definition) is 2. The molecule has 0 bridgehead atoms. The number of anilines is 1. The lowest BCUT2D eigenvalue weighted by atomic mass is 10.0. The van der Waals surface area contributed by atoms with Gasteiger partial charge < -0.3 is 16.0 Å². The second kappa shape index (κ2) is 5.99. The molecule has 1 aliphatic heterocycles. The Kier molecular flexibility index (Phi) is 3.88. The van der Waals surface area contributed by atoms with Gasteiger partial charge in [0, 0.05) is 24.2 Å². The van der Waals surface area contributed by atoms with Crippen LogP contribution >= 0.6 is 0 Å². The standard InChI is InChI=1S/C15H12F2N4O2/c16-10-3-2-9(6-11(10)17)19-14(22)18-7-8-1-4-12-13(5-8)21-15(23)20-12/h1-6,8H,7H2,(H,21,23)(H2,18,19,22). The van der Waals surface area contributed by atoms with Gasteiger partial charge >= 0.3 is 12.1 Å². The normalized spacial score (nSPS) is 18.7. The molecule has 1 aliphatic carbocycles. The van der Waals surface area contributed by atoms with Crippen molar-refractivity contribution in [2.75, 3.05) is 11.9 Å². The maximum Gasteiger partial charge on any atom is 0.346 e. The Morgan fingerprint density at radius 2 is 2.13 bits per heavy atom. The summed E-state index contributed by atoms with van der Waals surface area (Å²) in [6.07, 6.45) is 5.29. The molecule has 23 heavy (non-hydrogen) atoms. The van der Waals surface area contributed by atoms with Crippen LogP contribution in [0.25, 0.3) is 0 Å². The highest BCUT2D eigenvalue weighted by Crippen LogP contribution is 2.16. The summed E-state index contributed by atoms with van der Waals surface area (Å²) in [5.41, 5.74) is 1.33. The number of benzene rings is 1. The van der Waals surface area contributed by atoms with Gasteiger partial charge in [-0.25, -0.2) is 18.4 Å². The number of halogens is 2. The molecule has 0 radical (unpaired) electrons. The molecule has 8 heteroatoms. The van der Waals surface area contributed by atoms with Crippen LogP contribution in [0.2, 0.25) is 0 Å². The van der Waals surface area contributed by atoms with Gasteiger partial charge in [-0.2, -0.15) is 4.99 Å². The minimum Gasteiger partial charge on any atom is -0.337 e. The van der Waals surface area contributed by atoms with Crippen LogP contribution in [-0.2, 0) is 0 Å². The molecule has 0 spiro atoms. The Balaban J connectivity index is 1.54. The number of hydrogen-bond donors (Lipinski definition) is 3. The molecule has 1 heterocycles. The van der Waals surface area contributed by atoms with Crippen LogP contribution in [0.5, 0.6) is 0 Å². The third-order valence-corrected chi connectivity index (χ3v) is 3.30. The van der Waals surface area contributed by atoms with Gasteiger partial charge in [0.05, 0.1) is 11.4 Å². The lowest BCUT2D eigenvalue weighted by Gasteiger charge is -2.15. The highest BCUT2D eigenvalue weighted by Gasteiger charge is 2.21. The van der Waals surface area contributed by atoms with E-state index in [4.69, 9.17) is 0 Å². The molecule has 4 amide bonds. The molecule has 0 saturated heterocycles. The van der Waals surface area contributed by atoms with E-state index in [-0.39, 0.29) is 18.2 Å². The third-order valence-electron chi connectivity index (χ3n) is 3.30. The molecule has 3 rings (SSSR count). The predicted molar refractivity (Wildman–Crippen MR) is 80.1 cm³/mol. The Morgan fingerprint density at radius 1 is 1.30 bits per heavy atom. The fourth-order valence-corrected chi connectivity index (χ4v) is 2.20. The average molecular weight is 318 g/mol. The van der Waals surface area contributed by atoms with Crippen LogP contribution in [0.15, 0.2) is 47.1 Å². The predicted octanol–water partition coefficient (Wildman–Crippen LogP) is 2.32. The van der Waals surface area contributed by atoms with Gasteiger partial charge in [0.15, 0.2) is 11.6 Å². The smallest absolute Gasteiger partial charge is 0.337 e. The number of nitrogens with one attached hydrogen (secondary N) is 3. The van der Waals surface area contributed by atoms with Gasteiger partial charge in [0.25, 0.3) is 0 Å². The van der Waals surface area contributed by atoms with Crippen molar-refractivity contribution < 1.29 is 18.4 Å². The summed E-state index contributed by atoms with van der Waals surface area (Å²) in [4.78, 5) is 26.6. The summed E-state index contributed by atoms with van der Waals surface area (Å²) in [6.45, 7) is 0.276. The molecule has 0 saturated carbocycles. The third kappa shape index (κ3) is 3.42. The molecule has 1 unspecified atom stereocenters. The van der Waals surface area contributed by atoms with Crippen LogP contribution in [0, 0.1) is 17.6 Å². The molecule has 0 aromatic heterocycles. The maximum atomic E-state index is 13.1. The summed E-state index contributed by atoms with van der Waals surface area (Å²) >= 11 is 0. The Labute approximate surface area is 130 Å². The molecule has 0 fully saturated rings. The Morgan fingerprint density at radius 3 is 2.91 bits per heavy atom. The van der Waals surface area contributed by atoms with E-state index in [2.05, 4.69) is 20.9 Å². The number of fused-ring (bicyclic) bond motifs is 1. The molecule has 1 aromatic carbocycles. The van der Waals surface area contributed by atoms with Crippen molar-refractivity contribution in [3.63, 3.8) is 0 Å². The first-order valence-corrected chi connectivity index (χ1v) is 6.81. The van der Waals surface area contributed by atoms with Crippen LogP contribution in [-0.4, -0.2) is 24.3 Å². The van der Waals surface area contributed by atoms with Gasteiger partial charge in [0.2, 0.25) is 0 Å². The number of carbonyl (C=O) groups excluding carboxylic acids is 2. The first-order chi connectivity index (χ1) is 11.0. The maximum absolute atomic E-state index is 13.1. The Bertz CT molecular complexity index is 771. The van der Waals surface area contributed by atoms with E-state index in [0.29, 0.717) is 11.4 Å². The molecular formula is C15H12F2N4O2. The number of rotatable bonds is 3. The summed E-state index contributed by atoms with van der Waals surface area (Å²) in [7, 11) is 0. The molecule has 6 nitrogen and oxygen atoms in total. The number of urea groups is 2. The van der Waals surface area contributed by atoms with Crippen LogP contribution < -0.4 is 16.0 Å². The van der Waals surface area contributed by atoms with E-state index in [0.717, 1.165) is 12.1 Å². The number of nitrogens with zero attached hydrogens (tertiary/aromatic N) is 1. The van der Waals surface area contributed by atoms with Crippen molar-refractivity contribution in [3.8, 4) is 0 Å². The van der Waals surface area contributed by atoms with Crippen LogP contribution in [0.1, 0.15) is 0 Å². The van der Waals surface area contributed by atoms with Crippen molar-refractivity contribution in [3.05, 3.63) is 53.8 Å². The van der Waals surface area contributed by atoms with E-state index in [9.17, 15) is 18.4 Å². The average Bonchev–Trinajstić information content (AvgIpc) is 2.88. The zero-order valence-corrected chi connectivity index (χ0v) is 11.8. The fraction of sp³-hybridized carbons (Fsp3) is 0.133. The highest BCUT2D eigenvalue weighted by molar-refractivity contribution is 6.18. The van der Waals surface area contributed by atoms with Gasteiger partial charge in [-0.3, -0.25) is 0 Å². The number of amides is 4. The summed E-state index contributed by atoms with van der Waals surface area (Å²) in [6, 6.07) is 2.13. The minimum atomic E-state index is -1.04. The lowest BCUT2D eigenvalue weighted by Crippen LogP contribution is -2.33. The van der Waals surface area contributed by atoms with Crippen molar-refractivity contribution in [1.82, 2.24) is 10.6 Å². The first kappa shape index (κ1) is 14.9. The van der Waals surface area contributed by atoms with E-state index < -0.39 is 23.7 Å². The minimum absolute atomic E-state index is 0.113. The number of allylic oxidation sites excluding steroid dienone is 1. The van der Waals surface area contributed by atoms with Crippen molar-refractivity contribution in [2.45, 2.75) is 0 Å². The lowest BCUT2D eigenvalue weighted by molar-refractivity contribution is 0.251. The Hall–Kier alpha value is -3.03. The number of aliphatic imine (C=N–C) groups is 1. The summed E-state index contributed by atoms with van der Waals surface area (Å²) in [5.74, 6) is -2.13. The van der Waals surface area contributed by atoms with Gasteiger partial charge in [-0.05, 0) is 24.3 Å². The largest absolute Gasteiger partial charge is 0.346 e. The van der Waals surface area contributed by atoms with Crippen molar-refractivity contribution >= 4 is 23.5 Å². The van der Waals surface area contributed by atoms with Gasteiger partial charge in [-0.1, -0.05) is 6.08 Å². The topological polar surface area (TPSA) is 82.6 Å². The van der Waals surface area contributed by atoms with Crippen LogP contribution in [0.4, 0.5) is 24.1 Å². The zero-order valence-electron chi connectivity index (χ0n) is 11.8. The number of carbonyl (C=O) groups is 2. The fourth-order valence-electron chi connectivity index (χ4n) is 2.20. The van der Waals surface area contributed by atoms with Crippen LogP contribution in [0.3, 0.4) is 0 Å². The first-order valence-electron chi connectivity index (χ1n) is 6.81. The monoisotopic (exact) mass is 318 g/mol.